The van der Waals surface area contributed by atoms with Gasteiger partial charge in [-0.3, -0.25) is 4.79 Å². The van der Waals surface area contributed by atoms with Gasteiger partial charge in [0.2, 0.25) is 0 Å². The summed E-state index contributed by atoms with van der Waals surface area (Å²) in [5.41, 5.74) is 4.63. The monoisotopic (exact) mass is 514 g/mol. The first-order valence-corrected chi connectivity index (χ1v) is 11.6. The Labute approximate surface area is 208 Å². The molecule has 0 unspecified atom stereocenters. The maximum absolute atomic E-state index is 12.3. The van der Waals surface area contributed by atoms with Crippen molar-refractivity contribution in [2.24, 2.45) is 5.10 Å². The molecule has 1 heterocycles. The van der Waals surface area contributed by atoms with Crippen LogP contribution in [0, 0.1) is 0 Å². The molecule has 0 radical (unpaired) electrons. The average Bonchev–Trinajstić information content (AvgIpc) is 3.25. The minimum atomic E-state index is -0.344. The van der Waals surface area contributed by atoms with Gasteiger partial charge in [-0.25, -0.2) is 5.43 Å². The van der Waals surface area contributed by atoms with Crippen molar-refractivity contribution in [2.75, 3.05) is 5.75 Å². The van der Waals surface area contributed by atoms with E-state index < -0.39 is 0 Å². The number of H-pyrrole nitrogens is 1. The Balaban J connectivity index is 1.50. The molecule has 0 aliphatic rings. The van der Waals surface area contributed by atoms with Crippen molar-refractivity contribution in [1.29, 1.82) is 0 Å². The molecule has 1 amide bonds. The number of phenols is 2. The Morgan fingerprint density at radius 1 is 1.03 bits per heavy atom. The molecule has 11 heteroatoms. The van der Waals surface area contributed by atoms with Crippen LogP contribution in [0.3, 0.4) is 0 Å². The number of halogens is 2. The highest BCUT2D eigenvalue weighted by atomic mass is 35.5. The van der Waals surface area contributed by atoms with Crippen LogP contribution in [0.25, 0.3) is 17.1 Å². The van der Waals surface area contributed by atoms with Crippen molar-refractivity contribution >= 4 is 47.1 Å². The van der Waals surface area contributed by atoms with E-state index in [1.54, 1.807) is 30.3 Å². The zero-order chi connectivity index (χ0) is 24.1. The van der Waals surface area contributed by atoms with Crippen molar-refractivity contribution < 1.29 is 19.6 Å². The molecule has 3 aromatic carbocycles. The summed E-state index contributed by atoms with van der Waals surface area (Å²) in [6.07, 6.45) is 1.36. The Morgan fingerprint density at radius 3 is 2.38 bits per heavy atom. The molecule has 0 aliphatic heterocycles. The largest absolute Gasteiger partial charge is 0.504 e. The molecular formula is C23H18Cl2N5O3S+. The zero-order valence-corrected chi connectivity index (χ0v) is 19.8. The molecule has 0 fully saturated rings. The molecule has 0 atom stereocenters. The molecule has 4 rings (SSSR count). The van der Waals surface area contributed by atoms with Gasteiger partial charge in [0, 0.05) is 10.0 Å². The Bertz CT molecular complexity index is 1340. The first-order valence-electron chi connectivity index (χ1n) is 9.89. The maximum atomic E-state index is 12.3. The fraction of sp³-hybridized carbons (Fsp3) is 0.0435. The van der Waals surface area contributed by atoms with Gasteiger partial charge in [0.15, 0.2) is 11.5 Å². The highest BCUT2D eigenvalue weighted by molar-refractivity contribution is 7.99. The molecule has 1 aromatic heterocycles. The number of carbonyl (C=O) groups is 1. The molecule has 0 saturated carbocycles. The van der Waals surface area contributed by atoms with Gasteiger partial charge in [-0.05, 0) is 84.1 Å². The second kappa shape index (κ2) is 10.6. The first-order chi connectivity index (χ1) is 16.4. The summed E-state index contributed by atoms with van der Waals surface area (Å²) < 4.78 is 1.89. The number of aromatic hydroxyl groups is 2. The number of carbonyl (C=O) groups excluding carboxylic acids is 1. The smallest absolute Gasteiger partial charge is 0.342 e. The summed E-state index contributed by atoms with van der Waals surface area (Å²) in [5.74, 6) is -0.0809. The van der Waals surface area contributed by atoms with Crippen LogP contribution in [0.1, 0.15) is 5.56 Å². The van der Waals surface area contributed by atoms with Crippen LogP contribution in [0.4, 0.5) is 0 Å². The van der Waals surface area contributed by atoms with Crippen LogP contribution in [-0.4, -0.2) is 38.3 Å². The lowest BCUT2D eigenvalue weighted by Gasteiger charge is -2.05. The minimum absolute atomic E-state index is 0.0523. The Hall–Kier alpha value is -3.53. The van der Waals surface area contributed by atoms with E-state index in [4.69, 9.17) is 23.2 Å². The molecule has 34 heavy (non-hydrogen) atoms. The van der Waals surface area contributed by atoms with E-state index in [2.05, 4.69) is 20.7 Å². The fourth-order valence-corrected chi connectivity index (χ4v) is 4.00. The molecule has 8 nitrogen and oxygen atoms in total. The van der Waals surface area contributed by atoms with E-state index in [1.165, 1.54) is 30.1 Å². The number of benzene rings is 3. The lowest BCUT2D eigenvalue weighted by molar-refractivity contribution is -0.625. The van der Waals surface area contributed by atoms with Crippen LogP contribution in [-0.2, 0) is 4.79 Å². The molecule has 0 spiro atoms. The number of aromatic nitrogens is 3. The van der Waals surface area contributed by atoms with Crippen molar-refractivity contribution in [3.63, 3.8) is 0 Å². The van der Waals surface area contributed by atoms with Gasteiger partial charge in [0.05, 0.1) is 22.6 Å². The van der Waals surface area contributed by atoms with Gasteiger partial charge in [-0.1, -0.05) is 23.2 Å². The number of nitrogens with one attached hydrogen (secondary N) is 2. The number of thioether (sulfide) groups is 1. The third kappa shape index (κ3) is 5.69. The number of hydrogen-bond acceptors (Lipinski definition) is 6. The van der Waals surface area contributed by atoms with Crippen LogP contribution in [0.5, 0.6) is 11.5 Å². The number of amides is 1. The maximum Gasteiger partial charge on any atom is 0.342 e. The summed E-state index contributed by atoms with van der Waals surface area (Å²) in [5, 5.41) is 32.0. The lowest BCUT2D eigenvalue weighted by atomic mass is 10.2. The summed E-state index contributed by atoms with van der Waals surface area (Å²) in [6.45, 7) is 0. The van der Waals surface area contributed by atoms with E-state index in [9.17, 15) is 15.0 Å². The summed E-state index contributed by atoms with van der Waals surface area (Å²) in [7, 11) is 0. The Kier molecular flexibility index (Phi) is 7.36. The number of hydrogen-bond donors (Lipinski definition) is 4. The van der Waals surface area contributed by atoms with Gasteiger partial charge in [-0.15, -0.1) is 5.10 Å². The number of rotatable bonds is 7. The van der Waals surface area contributed by atoms with Gasteiger partial charge >= 0.3 is 5.16 Å². The lowest BCUT2D eigenvalue weighted by Crippen LogP contribution is -2.34. The fourth-order valence-electron chi connectivity index (χ4n) is 2.99. The van der Waals surface area contributed by atoms with Crippen molar-refractivity contribution in [3.8, 4) is 28.6 Å². The van der Waals surface area contributed by atoms with Gasteiger partial charge in [-0.2, -0.15) is 9.67 Å². The average molecular weight is 515 g/mol. The second-order valence-electron chi connectivity index (χ2n) is 7.00. The topological polar surface area (TPSA) is 114 Å². The minimum Gasteiger partial charge on any atom is -0.504 e. The normalized spacial score (nSPS) is 11.1. The van der Waals surface area contributed by atoms with E-state index in [1.807, 2.05) is 28.8 Å². The number of phenolic OH excluding ortho intramolecular Hbond substituents is 2. The van der Waals surface area contributed by atoms with Crippen molar-refractivity contribution in [1.82, 2.24) is 15.6 Å². The summed E-state index contributed by atoms with van der Waals surface area (Å²) in [4.78, 5) is 12.3. The van der Waals surface area contributed by atoms with Crippen molar-refractivity contribution in [2.45, 2.75) is 5.16 Å². The van der Waals surface area contributed by atoms with E-state index in [0.29, 0.717) is 26.6 Å². The Morgan fingerprint density at radius 2 is 1.71 bits per heavy atom. The van der Waals surface area contributed by atoms with Crippen LogP contribution in [0.2, 0.25) is 10.0 Å². The predicted molar refractivity (Wildman–Crippen MR) is 132 cm³/mol. The molecule has 4 aromatic rings. The summed E-state index contributed by atoms with van der Waals surface area (Å²) >= 11 is 13.3. The number of nitrogens with zero attached hydrogens (tertiary/aromatic N) is 3. The van der Waals surface area contributed by atoms with Gasteiger partial charge in [0.1, 0.15) is 5.69 Å². The van der Waals surface area contributed by atoms with Gasteiger partial charge < -0.3 is 10.2 Å². The molecule has 0 aliphatic carbocycles. The number of hydrazone groups is 1. The summed E-state index contributed by atoms with van der Waals surface area (Å²) in [6, 6.07) is 18.8. The van der Waals surface area contributed by atoms with Crippen LogP contribution >= 0.6 is 35.0 Å². The van der Waals surface area contributed by atoms with Crippen LogP contribution in [0.15, 0.2) is 77.0 Å². The first kappa shape index (κ1) is 23.6. The molecule has 172 valence electrons. The van der Waals surface area contributed by atoms with E-state index >= 15 is 0 Å². The zero-order valence-electron chi connectivity index (χ0n) is 17.4. The molecule has 0 bridgehead atoms. The highest BCUT2D eigenvalue weighted by Crippen LogP contribution is 2.24. The van der Waals surface area contributed by atoms with E-state index in [0.717, 1.165) is 11.3 Å². The van der Waals surface area contributed by atoms with Crippen LogP contribution < -0.4 is 9.99 Å². The SMILES string of the molecule is O=C(CSc1n[nH]c(-c2ccc(Cl)cc2)[n+]1-c1ccc(Cl)cc1)NN=Cc1ccc(O)c(O)c1. The van der Waals surface area contributed by atoms with Crippen molar-refractivity contribution in [3.05, 3.63) is 82.3 Å². The molecular weight excluding hydrogens is 497 g/mol. The third-order valence-electron chi connectivity index (χ3n) is 4.61. The predicted octanol–water partition coefficient (Wildman–Crippen LogP) is 4.31. The third-order valence-corrected chi connectivity index (χ3v) is 6.05. The standard InChI is InChI=1S/C23H17Cl2N5O3S/c24-16-4-2-15(3-5-16)22-28-29-23(30(22)18-8-6-17(25)7-9-18)34-13-21(33)27-26-12-14-1-10-19(31)20(32)11-14/h1-12H,13H2,(H3,26,27,31,32,33)/p+1. The second-order valence-corrected chi connectivity index (χ2v) is 8.82. The number of aromatic amines is 1. The molecule has 4 N–H and O–H groups in total. The molecule has 0 saturated heterocycles. The highest BCUT2D eigenvalue weighted by Gasteiger charge is 2.24. The quantitative estimate of drug-likeness (QED) is 0.0963. The van der Waals surface area contributed by atoms with Gasteiger partial charge in [0.25, 0.3) is 11.7 Å². The van der Waals surface area contributed by atoms with E-state index in [-0.39, 0.29) is 23.2 Å².